The number of oxime groups is 1. The molecule has 0 fully saturated rings. The highest BCUT2D eigenvalue weighted by Crippen LogP contribution is 1.97. The molecule has 0 saturated carbocycles. The van der Waals surface area contributed by atoms with Crippen LogP contribution in [-0.4, -0.2) is 18.1 Å². The van der Waals surface area contributed by atoms with Crippen LogP contribution in [-0.2, 0) is 9.63 Å². The number of hydrogen-bond acceptors (Lipinski definition) is 3. The van der Waals surface area contributed by atoms with Crippen molar-refractivity contribution in [3.8, 4) is 0 Å². The molecule has 12 heavy (non-hydrogen) atoms. The average molecular weight is 169 g/mol. The van der Waals surface area contributed by atoms with Crippen LogP contribution in [0.15, 0.2) is 17.3 Å². The van der Waals surface area contributed by atoms with E-state index in [9.17, 15) is 4.79 Å². The van der Waals surface area contributed by atoms with E-state index in [1.807, 2.05) is 6.92 Å². The fourth-order valence-corrected chi connectivity index (χ4v) is 0.590. The maximum atomic E-state index is 11.1. The van der Waals surface area contributed by atoms with Crippen LogP contribution in [0.3, 0.4) is 0 Å². The van der Waals surface area contributed by atoms with Crippen LogP contribution in [0.1, 0.15) is 27.2 Å². The van der Waals surface area contributed by atoms with Crippen LogP contribution in [0.2, 0.25) is 0 Å². The Bertz CT molecular complexity index is 207. The summed E-state index contributed by atoms with van der Waals surface area (Å²) in [6.45, 7) is 9.37. The van der Waals surface area contributed by atoms with E-state index in [1.165, 1.54) is 0 Å². The second kappa shape index (κ2) is 5.52. The lowest BCUT2D eigenvalue weighted by molar-refractivity contribution is -0.114. The van der Waals surface area contributed by atoms with E-state index in [1.54, 1.807) is 13.8 Å². The van der Waals surface area contributed by atoms with E-state index in [2.05, 4.69) is 11.7 Å². The van der Waals surface area contributed by atoms with Gasteiger partial charge in [-0.2, -0.15) is 0 Å². The lowest BCUT2D eigenvalue weighted by atomic mass is 10.1. The number of allylic oxidation sites excluding steroid dienone is 1. The molecular weight excluding hydrogens is 154 g/mol. The fraction of sp³-hybridized carbons (Fsp3) is 0.556. The standard InChI is InChI=1S/C9H15NO2/c1-5-12-10-8(4)6-9(11)7(2)3/h2,5-6H2,1,3-4H3/b10-8-. The minimum Gasteiger partial charge on any atom is -0.396 e. The Labute approximate surface area is 73.1 Å². The maximum absolute atomic E-state index is 11.1. The second-order valence-electron chi connectivity index (χ2n) is 2.62. The van der Waals surface area contributed by atoms with Crippen molar-refractivity contribution in [2.45, 2.75) is 27.2 Å². The van der Waals surface area contributed by atoms with Gasteiger partial charge in [0.2, 0.25) is 0 Å². The molecule has 3 heteroatoms. The molecule has 0 bridgehead atoms. The summed E-state index contributed by atoms with van der Waals surface area (Å²) in [6.07, 6.45) is 0.301. The van der Waals surface area contributed by atoms with Gasteiger partial charge in [-0.25, -0.2) is 0 Å². The normalized spacial score (nSPS) is 11.1. The van der Waals surface area contributed by atoms with Gasteiger partial charge in [-0.1, -0.05) is 11.7 Å². The van der Waals surface area contributed by atoms with Gasteiger partial charge in [-0.05, 0) is 26.3 Å². The first-order chi connectivity index (χ1) is 5.57. The highest BCUT2D eigenvalue weighted by atomic mass is 16.6. The lowest BCUT2D eigenvalue weighted by Crippen LogP contribution is -2.05. The third-order valence-electron chi connectivity index (χ3n) is 1.24. The molecule has 0 heterocycles. The second-order valence-corrected chi connectivity index (χ2v) is 2.62. The number of carbonyl (C=O) groups is 1. The first kappa shape index (κ1) is 10.9. The van der Waals surface area contributed by atoms with Crippen molar-refractivity contribution in [3.05, 3.63) is 12.2 Å². The van der Waals surface area contributed by atoms with Gasteiger partial charge in [-0.3, -0.25) is 4.79 Å². The third-order valence-corrected chi connectivity index (χ3v) is 1.24. The van der Waals surface area contributed by atoms with E-state index >= 15 is 0 Å². The Kier molecular flexibility index (Phi) is 5.00. The molecule has 0 spiro atoms. The van der Waals surface area contributed by atoms with Gasteiger partial charge in [0.25, 0.3) is 0 Å². The van der Waals surface area contributed by atoms with Crippen LogP contribution in [0.25, 0.3) is 0 Å². The van der Waals surface area contributed by atoms with Gasteiger partial charge in [0.1, 0.15) is 6.61 Å². The summed E-state index contributed by atoms with van der Waals surface area (Å²) in [7, 11) is 0. The number of carbonyl (C=O) groups excluding carboxylic acids is 1. The number of rotatable bonds is 5. The van der Waals surface area contributed by atoms with Crippen molar-refractivity contribution < 1.29 is 9.63 Å². The summed E-state index contributed by atoms with van der Waals surface area (Å²) in [5, 5.41) is 3.72. The van der Waals surface area contributed by atoms with E-state index in [-0.39, 0.29) is 5.78 Å². The molecular formula is C9H15NO2. The molecule has 0 N–H and O–H groups in total. The number of ketones is 1. The van der Waals surface area contributed by atoms with Crippen molar-refractivity contribution in [3.63, 3.8) is 0 Å². The Morgan fingerprint density at radius 3 is 2.50 bits per heavy atom. The van der Waals surface area contributed by atoms with Crippen molar-refractivity contribution >= 4 is 11.5 Å². The van der Waals surface area contributed by atoms with Crippen LogP contribution >= 0.6 is 0 Å². The summed E-state index contributed by atoms with van der Waals surface area (Å²) in [5.41, 5.74) is 1.24. The molecule has 0 aromatic rings. The van der Waals surface area contributed by atoms with Crippen molar-refractivity contribution in [2.75, 3.05) is 6.61 Å². The molecule has 0 aliphatic rings. The Hall–Kier alpha value is -1.12. The minimum absolute atomic E-state index is 0.0101. The molecule has 0 aliphatic carbocycles. The van der Waals surface area contributed by atoms with Gasteiger partial charge in [0.15, 0.2) is 5.78 Å². The lowest BCUT2D eigenvalue weighted by Gasteiger charge is -1.98. The molecule has 0 radical (unpaired) electrons. The fourth-order valence-electron chi connectivity index (χ4n) is 0.590. The SMILES string of the molecule is C=C(C)C(=O)C/C(C)=N\OCC. The van der Waals surface area contributed by atoms with Gasteiger partial charge in [-0.15, -0.1) is 0 Å². The molecule has 0 aliphatic heterocycles. The van der Waals surface area contributed by atoms with Gasteiger partial charge < -0.3 is 4.84 Å². The monoisotopic (exact) mass is 169 g/mol. The third kappa shape index (κ3) is 4.66. The number of nitrogens with zero attached hydrogens (tertiary/aromatic N) is 1. The number of Topliss-reactive ketones (excluding diaryl/α,β-unsaturated/α-hetero) is 1. The zero-order valence-electron chi connectivity index (χ0n) is 7.89. The van der Waals surface area contributed by atoms with E-state index in [4.69, 9.17) is 4.84 Å². The molecule has 0 atom stereocenters. The van der Waals surface area contributed by atoms with Crippen LogP contribution in [0.5, 0.6) is 0 Å². The first-order valence-electron chi connectivity index (χ1n) is 3.92. The summed E-state index contributed by atoms with van der Waals surface area (Å²) < 4.78 is 0. The van der Waals surface area contributed by atoms with Gasteiger partial charge in [0.05, 0.1) is 12.1 Å². The van der Waals surface area contributed by atoms with E-state index in [0.29, 0.717) is 24.3 Å². The Morgan fingerprint density at radius 1 is 1.50 bits per heavy atom. The zero-order chi connectivity index (χ0) is 9.56. The van der Waals surface area contributed by atoms with Gasteiger partial charge in [0, 0.05) is 0 Å². The number of hydrogen-bond donors (Lipinski definition) is 0. The summed E-state index contributed by atoms with van der Waals surface area (Å²) >= 11 is 0. The quantitative estimate of drug-likeness (QED) is 0.358. The Morgan fingerprint density at radius 2 is 2.08 bits per heavy atom. The predicted molar refractivity (Wildman–Crippen MR) is 49.2 cm³/mol. The van der Waals surface area contributed by atoms with Crippen LogP contribution in [0.4, 0.5) is 0 Å². The highest BCUT2D eigenvalue weighted by molar-refractivity contribution is 6.07. The predicted octanol–water partition coefficient (Wildman–Crippen LogP) is 1.93. The smallest absolute Gasteiger partial charge is 0.163 e. The van der Waals surface area contributed by atoms with Crippen molar-refractivity contribution in [1.82, 2.24) is 0 Å². The largest absolute Gasteiger partial charge is 0.396 e. The molecule has 0 saturated heterocycles. The molecule has 0 amide bonds. The average Bonchev–Trinajstić information content (AvgIpc) is 2.00. The van der Waals surface area contributed by atoms with E-state index < -0.39 is 0 Å². The molecule has 0 unspecified atom stereocenters. The van der Waals surface area contributed by atoms with Gasteiger partial charge >= 0.3 is 0 Å². The molecule has 0 rings (SSSR count). The molecule has 68 valence electrons. The van der Waals surface area contributed by atoms with Crippen molar-refractivity contribution in [2.24, 2.45) is 5.16 Å². The van der Waals surface area contributed by atoms with Crippen LogP contribution < -0.4 is 0 Å². The van der Waals surface area contributed by atoms with Crippen LogP contribution in [0, 0.1) is 0 Å². The molecule has 0 aromatic heterocycles. The summed E-state index contributed by atoms with van der Waals surface area (Å²) in [6, 6.07) is 0. The molecule has 3 nitrogen and oxygen atoms in total. The molecule has 0 aromatic carbocycles. The minimum atomic E-state index is 0.0101. The van der Waals surface area contributed by atoms with E-state index in [0.717, 1.165) is 0 Å². The Balaban J connectivity index is 3.91. The maximum Gasteiger partial charge on any atom is 0.163 e. The van der Waals surface area contributed by atoms with Crippen molar-refractivity contribution in [1.29, 1.82) is 0 Å². The summed E-state index contributed by atoms with van der Waals surface area (Å²) in [4.78, 5) is 15.9. The highest BCUT2D eigenvalue weighted by Gasteiger charge is 2.04. The topological polar surface area (TPSA) is 38.7 Å². The summed E-state index contributed by atoms with van der Waals surface area (Å²) in [5.74, 6) is 0.0101. The first-order valence-corrected chi connectivity index (χ1v) is 3.92. The zero-order valence-corrected chi connectivity index (χ0v) is 7.89.